The van der Waals surface area contributed by atoms with E-state index in [1.807, 2.05) is 24.3 Å². The number of ether oxygens (including phenoxy) is 1. The zero-order valence-electron chi connectivity index (χ0n) is 12.9. The lowest BCUT2D eigenvalue weighted by molar-refractivity contribution is -0.138. The maximum absolute atomic E-state index is 12.5. The highest BCUT2D eigenvalue weighted by Crippen LogP contribution is 2.34. The van der Waals surface area contributed by atoms with Crippen molar-refractivity contribution in [1.82, 2.24) is 0 Å². The number of aliphatic carboxylic acids is 1. The number of amides is 1. The second kappa shape index (κ2) is 6.51. The van der Waals surface area contributed by atoms with E-state index in [0.717, 1.165) is 11.8 Å². The number of nitrogens with zero attached hydrogens (tertiary/aromatic N) is 1. The Kier molecular flexibility index (Phi) is 4.68. The Morgan fingerprint density at radius 2 is 2.00 bits per heavy atom. The Morgan fingerprint density at radius 3 is 2.70 bits per heavy atom. The van der Waals surface area contributed by atoms with Crippen LogP contribution in [0.15, 0.2) is 36.4 Å². The summed E-state index contributed by atoms with van der Waals surface area (Å²) in [7, 11) is 0. The normalized spacial score (nSPS) is 15.9. The molecule has 1 aliphatic heterocycles. The largest absolute Gasteiger partial charge is 0.478 e. The molecule has 7 nitrogen and oxygen atoms in total. The zero-order valence-corrected chi connectivity index (χ0v) is 12.9. The number of hydrogen-bond donors (Lipinski definition) is 2. The molecule has 0 bridgehead atoms. The van der Waals surface area contributed by atoms with E-state index in [4.69, 9.17) is 9.84 Å². The highest BCUT2D eigenvalue weighted by Gasteiger charge is 2.38. The molecule has 7 heteroatoms. The minimum absolute atomic E-state index is 0.0288. The average Bonchev–Trinajstić information content (AvgIpc) is 2.48. The van der Waals surface area contributed by atoms with E-state index in [0.29, 0.717) is 11.8 Å². The molecule has 0 aliphatic carbocycles. The summed E-state index contributed by atoms with van der Waals surface area (Å²) >= 11 is 0. The molecule has 122 valence electrons. The van der Waals surface area contributed by atoms with Gasteiger partial charge in [0.2, 0.25) is 0 Å². The summed E-state index contributed by atoms with van der Waals surface area (Å²) in [4.78, 5) is 35.8. The lowest BCUT2D eigenvalue weighted by Gasteiger charge is -2.39. The average molecular weight is 318 g/mol. The van der Waals surface area contributed by atoms with E-state index < -0.39 is 17.5 Å². The molecule has 1 aliphatic rings. The summed E-state index contributed by atoms with van der Waals surface area (Å²) in [5, 5.41) is 11.6. The Hall–Kier alpha value is -2.83. The van der Waals surface area contributed by atoms with Gasteiger partial charge in [-0.25, -0.2) is 9.59 Å². The minimum Gasteiger partial charge on any atom is -0.478 e. The van der Waals surface area contributed by atoms with Gasteiger partial charge in [-0.1, -0.05) is 12.1 Å². The number of esters is 1. The minimum atomic E-state index is -1.23. The number of rotatable bonds is 5. The molecule has 2 rings (SSSR count). The predicted molar refractivity (Wildman–Crippen MR) is 84.2 cm³/mol. The number of para-hydroxylation sites is 2. The summed E-state index contributed by atoms with van der Waals surface area (Å²) in [6.45, 7) is 3.71. The Morgan fingerprint density at radius 1 is 1.30 bits per heavy atom. The first-order valence-electron chi connectivity index (χ1n) is 7.08. The van der Waals surface area contributed by atoms with E-state index >= 15 is 0 Å². The molecule has 1 aromatic carbocycles. The number of anilines is 2. The van der Waals surface area contributed by atoms with Crippen molar-refractivity contribution in [2.24, 2.45) is 0 Å². The van der Waals surface area contributed by atoms with Crippen molar-refractivity contribution in [2.75, 3.05) is 23.4 Å². The van der Waals surface area contributed by atoms with Crippen molar-refractivity contribution in [3.8, 4) is 0 Å². The van der Waals surface area contributed by atoms with Gasteiger partial charge < -0.3 is 20.1 Å². The summed E-state index contributed by atoms with van der Waals surface area (Å²) in [5.41, 5.74) is 0.782. The van der Waals surface area contributed by atoms with Crippen LogP contribution >= 0.6 is 0 Å². The Labute approximate surface area is 133 Å². The van der Waals surface area contributed by atoms with Crippen molar-refractivity contribution in [2.45, 2.75) is 19.4 Å². The molecule has 0 atom stereocenters. The van der Waals surface area contributed by atoms with E-state index in [1.54, 1.807) is 18.7 Å². The second-order valence-corrected chi connectivity index (χ2v) is 5.56. The van der Waals surface area contributed by atoms with Crippen LogP contribution in [-0.4, -0.2) is 41.6 Å². The first-order valence-corrected chi connectivity index (χ1v) is 7.08. The molecule has 23 heavy (non-hydrogen) atoms. The van der Waals surface area contributed by atoms with Gasteiger partial charge in [0.15, 0.2) is 0 Å². The molecule has 1 heterocycles. The van der Waals surface area contributed by atoms with Crippen molar-refractivity contribution < 1.29 is 24.2 Å². The fourth-order valence-corrected chi connectivity index (χ4v) is 2.30. The van der Waals surface area contributed by atoms with E-state index in [1.165, 1.54) is 0 Å². The highest BCUT2D eigenvalue weighted by atomic mass is 16.5. The molecule has 2 N–H and O–H groups in total. The van der Waals surface area contributed by atoms with Crippen molar-refractivity contribution in [3.63, 3.8) is 0 Å². The molecular formula is C16H18N2O5. The number of nitrogens with one attached hydrogen (secondary N) is 1. The van der Waals surface area contributed by atoms with E-state index in [9.17, 15) is 14.4 Å². The third-order valence-corrected chi connectivity index (χ3v) is 3.34. The lowest BCUT2D eigenvalue weighted by atomic mass is 9.98. The van der Waals surface area contributed by atoms with Gasteiger partial charge in [0.1, 0.15) is 12.1 Å². The van der Waals surface area contributed by atoms with E-state index in [2.05, 4.69) is 5.32 Å². The fraction of sp³-hybridized carbons (Fsp3) is 0.312. The van der Waals surface area contributed by atoms with Crippen LogP contribution in [0, 0.1) is 0 Å². The summed E-state index contributed by atoms with van der Waals surface area (Å²) in [6, 6.07) is 7.37. The predicted octanol–water partition coefficient (Wildman–Crippen LogP) is 1.41. The molecule has 0 aromatic heterocycles. The molecule has 0 fully saturated rings. The van der Waals surface area contributed by atoms with E-state index in [-0.39, 0.29) is 19.1 Å². The second-order valence-electron chi connectivity index (χ2n) is 5.56. The van der Waals surface area contributed by atoms with Crippen LogP contribution in [0.25, 0.3) is 0 Å². The van der Waals surface area contributed by atoms with Crippen LogP contribution in [0.2, 0.25) is 0 Å². The Bertz CT molecular complexity index is 666. The van der Waals surface area contributed by atoms with Gasteiger partial charge in [-0.05, 0) is 26.0 Å². The quantitative estimate of drug-likeness (QED) is 0.629. The molecule has 0 saturated heterocycles. The molecule has 0 unspecified atom stereocenters. The smallest absolute Gasteiger partial charge is 0.331 e. The van der Waals surface area contributed by atoms with Gasteiger partial charge >= 0.3 is 11.9 Å². The van der Waals surface area contributed by atoms with Crippen LogP contribution in [0.5, 0.6) is 0 Å². The first-order chi connectivity index (χ1) is 10.8. The standard InChI is InChI=1S/C16H18N2O5/c1-16(2)15(22)18(12-6-4-3-5-11(12)17-16)9-10-23-14(21)8-7-13(19)20/h3-8,17H,9-10H2,1-2H3,(H,19,20)/b8-7+. The fourth-order valence-electron chi connectivity index (χ4n) is 2.30. The lowest BCUT2D eigenvalue weighted by Crippen LogP contribution is -2.54. The number of carboxylic acid groups (broad SMARTS) is 1. The SMILES string of the molecule is CC1(C)Nc2ccccc2N(CCOC(=O)/C=C/C(=O)O)C1=O. The molecule has 1 amide bonds. The van der Waals surface area contributed by atoms with Crippen molar-refractivity contribution in [1.29, 1.82) is 0 Å². The Balaban J connectivity index is 2.05. The van der Waals surface area contributed by atoms with Crippen molar-refractivity contribution in [3.05, 3.63) is 36.4 Å². The van der Waals surface area contributed by atoms with Crippen LogP contribution in [0.1, 0.15) is 13.8 Å². The van der Waals surface area contributed by atoms with Crippen LogP contribution in [-0.2, 0) is 19.1 Å². The summed E-state index contributed by atoms with van der Waals surface area (Å²) in [5.74, 6) is -2.12. The number of carbonyl (C=O) groups is 3. The zero-order chi connectivity index (χ0) is 17.0. The molecule has 0 saturated carbocycles. The van der Waals surface area contributed by atoms with Crippen molar-refractivity contribution >= 4 is 29.2 Å². The summed E-state index contributed by atoms with van der Waals surface area (Å²) < 4.78 is 4.92. The van der Waals surface area contributed by atoms with Crippen LogP contribution < -0.4 is 10.2 Å². The molecule has 1 aromatic rings. The maximum Gasteiger partial charge on any atom is 0.331 e. The van der Waals surface area contributed by atoms with Crippen LogP contribution in [0.3, 0.4) is 0 Å². The first kappa shape index (κ1) is 16.5. The third kappa shape index (κ3) is 3.88. The number of hydrogen-bond acceptors (Lipinski definition) is 5. The number of carbonyl (C=O) groups excluding carboxylic acids is 2. The molecule has 0 radical (unpaired) electrons. The van der Waals surface area contributed by atoms with Gasteiger partial charge in [0.05, 0.1) is 17.9 Å². The number of fused-ring (bicyclic) bond motifs is 1. The highest BCUT2D eigenvalue weighted by molar-refractivity contribution is 6.07. The number of benzene rings is 1. The number of carboxylic acids is 1. The third-order valence-electron chi connectivity index (χ3n) is 3.34. The topological polar surface area (TPSA) is 95.9 Å². The summed E-state index contributed by atoms with van der Waals surface area (Å²) in [6.07, 6.45) is 1.54. The van der Waals surface area contributed by atoms with Gasteiger partial charge in [-0.3, -0.25) is 4.79 Å². The molecule has 0 spiro atoms. The van der Waals surface area contributed by atoms with Crippen LogP contribution in [0.4, 0.5) is 11.4 Å². The van der Waals surface area contributed by atoms with Gasteiger partial charge in [0, 0.05) is 12.2 Å². The molecular weight excluding hydrogens is 300 g/mol. The van der Waals surface area contributed by atoms with Gasteiger partial charge in [-0.15, -0.1) is 0 Å². The maximum atomic E-state index is 12.5. The van der Waals surface area contributed by atoms with Gasteiger partial charge in [0.25, 0.3) is 5.91 Å². The monoisotopic (exact) mass is 318 g/mol. The van der Waals surface area contributed by atoms with Gasteiger partial charge in [-0.2, -0.15) is 0 Å².